The van der Waals surface area contributed by atoms with Crippen molar-refractivity contribution in [3.05, 3.63) is 88.0 Å². The fourth-order valence-corrected chi connectivity index (χ4v) is 4.39. The number of ketones is 2. The summed E-state index contributed by atoms with van der Waals surface area (Å²) < 4.78 is 5.71. The summed E-state index contributed by atoms with van der Waals surface area (Å²) in [5.74, 6) is -0.417. The average Bonchev–Trinajstić information content (AvgIpc) is 2.85. The van der Waals surface area contributed by atoms with Crippen LogP contribution >= 0.6 is 0 Å². The summed E-state index contributed by atoms with van der Waals surface area (Å²) in [5, 5.41) is 8.95. The molecule has 0 radical (unpaired) electrons. The number of hydrogen-bond acceptors (Lipinski definition) is 4. The molecule has 34 heavy (non-hydrogen) atoms. The summed E-state index contributed by atoms with van der Waals surface area (Å²) in [6, 6.07) is 16.4. The highest BCUT2D eigenvalue weighted by Crippen LogP contribution is 2.37. The molecule has 0 fully saturated rings. The zero-order valence-electron chi connectivity index (χ0n) is 20.1. The maximum atomic E-state index is 13.2. The fraction of sp³-hybridized carbons (Fsp3) is 0.345. The van der Waals surface area contributed by atoms with Crippen LogP contribution in [0.25, 0.3) is 0 Å². The highest BCUT2D eigenvalue weighted by molar-refractivity contribution is 6.25. The molecule has 0 amide bonds. The van der Waals surface area contributed by atoms with E-state index < -0.39 is 5.97 Å². The number of carbonyl (C=O) groups is 3. The van der Waals surface area contributed by atoms with Crippen molar-refractivity contribution in [2.24, 2.45) is 0 Å². The summed E-state index contributed by atoms with van der Waals surface area (Å²) in [4.78, 5) is 36.8. The Morgan fingerprint density at radius 3 is 2.06 bits per heavy atom. The Bertz CT molecular complexity index is 1110. The highest BCUT2D eigenvalue weighted by atomic mass is 16.5. The molecule has 1 aliphatic rings. The lowest BCUT2D eigenvalue weighted by Gasteiger charge is -2.26. The Morgan fingerprint density at radius 1 is 0.794 bits per heavy atom. The first-order chi connectivity index (χ1) is 16.3. The number of carboxylic acids is 1. The van der Waals surface area contributed by atoms with Gasteiger partial charge in [-0.2, -0.15) is 0 Å². The Labute approximate surface area is 201 Å². The Kier molecular flexibility index (Phi) is 8.58. The van der Waals surface area contributed by atoms with Crippen LogP contribution in [0.15, 0.2) is 76.9 Å². The minimum Gasteiger partial charge on any atom is -0.494 e. The molecule has 0 saturated carbocycles. The van der Waals surface area contributed by atoms with E-state index >= 15 is 0 Å². The van der Waals surface area contributed by atoms with Gasteiger partial charge in [0, 0.05) is 28.2 Å². The van der Waals surface area contributed by atoms with Crippen molar-refractivity contribution in [1.29, 1.82) is 0 Å². The second kappa shape index (κ2) is 11.6. The van der Waals surface area contributed by atoms with Crippen molar-refractivity contribution in [3.63, 3.8) is 0 Å². The van der Waals surface area contributed by atoms with Gasteiger partial charge < -0.3 is 9.84 Å². The van der Waals surface area contributed by atoms with Crippen molar-refractivity contribution in [2.45, 2.75) is 58.8 Å². The normalized spacial score (nSPS) is 15.0. The smallest absolute Gasteiger partial charge is 0.335 e. The molecular weight excluding hydrogens is 428 g/mol. The molecule has 1 aliphatic carbocycles. The second-order valence-electron chi connectivity index (χ2n) is 8.79. The molecule has 2 aromatic carbocycles. The Balaban J connectivity index is 1.55. The van der Waals surface area contributed by atoms with Crippen LogP contribution in [0.2, 0.25) is 0 Å². The van der Waals surface area contributed by atoms with Crippen LogP contribution in [0.1, 0.15) is 74.7 Å². The molecule has 1 N–H and O–H groups in total. The lowest BCUT2D eigenvalue weighted by Crippen LogP contribution is -2.24. The molecule has 2 aromatic rings. The SMILES string of the molecule is CC1=C(C)C(=O)C(C(CCCCCCOc2ccc(C(=O)O)cc2)c2ccccc2)=C(C)C1=O. The molecule has 1 unspecified atom stereocenters. The quantitative estimate of drug-likeness (QED) is 0.314. The first kappa shape index (κ1) is 25.2. The zero-order valence-corrected chi connectivity index (χ0v) is 20.1. The Hall–Kier alpha value is -3.47. The van der Waals surface area contributed by atoms with E-state index in [2.05, 4.69) is 0 Å². The van der Waals surface area contributed by atoms with E-state index in [0.29, 0.717) is 34.6 Å². The van der Waals surface area contributed by atoms with Crippen LogP contribution in [0.5, 0.6) is 5.75 Å². The van der Waals surface area contributed by atoms with Crippen LogP contribution in [0, 0.1) is 0 Å². The maximum Gasteiger partial charge on any atom is 0.335 e. The summed E-state index contributed by atoms with van der Waals surface area (Å²) in [5.41, 5.74) is 3.63. The van der Waals surface area contributed by atoms with Crippen LogP contribution in [0.4, 0.5) is 0 Å². The Morgan fingerprint density at radius 2 is 1.41 bits per heavy atom. The van der Waals surface area contributed by atoms with Gasteiger partial charge in [0.2, 0.25) is 0 Å². The molecule has 5 nitrogen and oxygen atoms in total. The van der Waals surface area contributed by atoms with Gasteiger partial charge in [-0.05, 0) is 63.4 Å². The van der Waals surface area contributed by atoms with Gasteiger partial charge in [0.1, 0.15) is 5.75 Å². The molecule has 1 atom stereocenters. The lowest BCUT2D eigenvalue weighted by molar-refractivity contribution is -0.116. The first-order valence-corrected chi connectivity index (χ1v) is 11.8. The van der Waals surface area contributed by atoms with Crippen molar-refractivity contribution in [2.75, 3.05) is 6.61 Å². The van der Waals surface area contributed by atoms with E-state index in [-0.39, 0.29) is 23.0 Å². The summed E-state index contributed by atoms with van der Waals surface area (Å²) in [7, 11) is 0. The van der Waals surface area contributed by atoms with E-state index in [4.69, 9.17) is 9.84 Å². The van der Waals surface area contributed by atoms with Crippen LogP contribution < -0.4 is 4.74 Å². The zero-order chi connectivity index (χ0) is 24.7. The number of hydrogen-bond donors (Lipinski definition) is 1. The van der Waals surface area contributed by atoms with Crippen LogP contribution in [-0.4, -0.2) is 29.2 Å². The summed E-state index contributed by atoms with van der Waals surface area (Å²) in [6.45, 7) is 5.83. The second-order valence-corrected chi connectivity index (χ2v) is 8.79. The molecule has 0 aromatic heterocycles. The van der Waals surface area contributed by atoms with E-state index in [0.717, 1.165) is 37.7 Å². The van der Waals surface area contributed by atoms with E-state index in [1.807, 2.05) is 30.3 Å². The van der Waals surface area contributed by atoms with Gasteiger partial charge >= 0.3 is 5.97 Å². The van der Waals surface area contributed by atoms with Gasteiger partial charge in [0.25, 0.3) is 0 Å². The van der Waals surface area contributed by atoms with Crippen molar-refractivity contribution in [3.8, 4) is 5.75 Å². The molecular formula is C29H32O5. The molecule has 0 spiro atoms. The molecule has 0 heterocycles. The van der Waals surface area contributed by atoms with E-state index in [1.165, 1.54) is 12.1 Å². The molecule has 0 aliphatic heterocycles. The first-order valence-electron chi connectivity index (χ1n) is 11.8. The average molecular weight is 461 g/mol. The molecule has 0 saturated heterocycles. The fourth-order valence-electron chi connectivity index (χ4n) is 4.39. The topological polar surface area (TPSA) is 80.7 Å². The number of unbranched alkanes of at least 4 members (excludes halogenated alkanes) is 3. The molecule has 178 valence electrons. The number of allylic oxidation sites excluding steroid dienone is 4. The largest absolute Gasteiger partial charge is 0.494 e. The number of carboxylic acid groups (broad SMARTS) is 1. The predicted octanol–water partition coefficient (Wildman–Crippen LogP) is 6.30. The number of ether oxygens (including phenoxy) is 1. The number of aromatic carboxylic acids is 1. The lowest BCUT2D eigenvalue weighted by atomic mass is 9.76. The highest BCUT2D eigenvalue weighted by Gasteiger charge is 2.33. The van der Waals surface area contributed by atoms with Crippen LogP contribution in [-0.2, 0) is 9.59 Å². The minimum atomic E-state index is -0.952. The third-order valence-corrected chi connectivity index (χ3v) is 6.54. The summed E-state index contributed by atoms with van der Waals surface area (Å²) >= 11 is 0. The third-order valence-electron chi connectivity index (χ3n) is 6.54. The maximum absolute atomic E-state index is 13.2. The molecule has 0 bridgehead atoms. The van der Waals surface area contributed by atoms with Gasteiger partial charge in [-0.3, -0.25) is 9.59 Å². The molecule has 5 heteroatoms. The van der Waals surface area contributed by atoms with Gasteiger partial charge in [-0.15, -0.1) is 0 Å². The van der Waals surface area contributed by atoms with E-state index in [1.54, 1.807) is 32.9 Å². The van der Waals surface area contributed by atoms with Gasteiger partial charge in [0.05, 0.1) is 12.2 Å². The van der Waals surface area contributed by atoms with E-state index in [9.17, 15) is 14.4 Å². The predicted molar refractivity (Wildman–Crippen MR) is 132 cm³/mol. The van der Waals surface area contributed by atoms with Gasteiger partial charge in [-0.1, -0.05) is 49.6 Å². The molecule has 3 rings (SSSR count). The van der Waals surface area contributed by atoms with Gasteiger partial charge in [0.15, 0.2) is 11.6 Å². The number of benzene rings is 2. The number of rotatable bonds is 11. The van der Waals surface area contributed by atoms with Crippen molar-refractivity contribution >= 4 is 17.5 Å². The third kappa shape index (κ3) is 5.90. The van der Waals surface area contributed by atoms with Crippen LogP contribution in [0.3, 0.4) is 0 Å². The standard InChI is InChI=1S/C29H32O5/c1-19-20(2)28(31)26(21(3)27(19)30)25(22-11-7-6-8-12-22)13-9-4-5-10-18-34-24-16-14-23(15-17-24)29(32)33/h6-8,11-12,14-17,25H,4-5,9-10,13,18H2,1-3H3,(H,32,33). The summed E-state index contributed by atoms with van der Waals surface area (Å²) in [6.07, 6.45) is 4.61. The number of carbonyl (C=O) groups excluding carboxylic acids is 2. The minimum absolute atomic E-state index is 0.00855. The number of Topliss-reactive ketones (excluding diaryl/α,β-unsaturated/α-hetero) is 2. The monoisotopic (exact) mass is 460 g/mol. The van der Waals surface area contributed by atoms with Crippen molar-refractivity contribution in [1.82, 2.24) is 0 Å². The van der Waals surface area contributed by atoms with Gasteiger partial charge in [-0.25, -0.2) is 4.79 Å². The van der Waals surface area contributed by atoms with Crippen molar-refractivity contribution < 1.29 is 24.2 Å².